The van der Waals surface area contributed by atoms with Gasteiger partial charge in [0.15, 0.2) is 0 Å². The zero-order valence-corrected chi connectivity index (χ0v) is 18.5. The summed E-state index contributed by atoms with van der Waals surface area (Å²) in [6.07, 6.45) is 15.4. The molecule has 2 aliphatic heterocycles. The Kier molecular flexibility index (Phi) is 7.76. The molecular weight excluding hydrogens is 374 g/mol. The van der Waals surface area contributed by atoms with E-state index in [1.807, 2.05) is 18.2 Å². The van der Waals surface area contributed by atoms with Gasteiger partial charge in [-0.25, -0.2) is 15.0 Å². The molecule has 0 saturated heterocycles. The molecule has 4 aliphatic rings. The molecule has 3 heterocycles. The Morgan fingerprint density at radius 2 is 1.57 bits per heavy atom. The Morgan fingerprint density at radius 3 is 2.20 bits per heavy atom. The maximum absolute atomic E-state index is 5.82. The standard InChI is InChI=1S/C18H23N3O2.C7H14/c1-2-5-13(6-3-1)11-14-12-23-18(20-14)16-8-4-7-15(21-16)17-19-9-10-22-17;1-7-5-3-2-4-6-7/h4,7-8,13-14H,1-3,5-6,9-12H2;7H,2-6H2,1H3. The highest BCUT2D eigenvalue weighted by molar-refractivity contribution is 5.97. The highest BCUT2D eigenvalue weighted by Crippen LogP contribution is 2.29. The van der Waals surface area contributed by atoms with Crippen LogP contribution in [0.5, 0.6) is 0 Å². The van der Waals surface area contributed by atoms with Gasteiger partial charge in [-0.3, -0.25) is 0 Å². The van der Waals surface area contributed by atoms with Gasteiger partial charge in [-0.05, 0) is 30.4 Å². The molecule has 5 heteroatoms. The molecule has 30 heavy (non-hydrogen) atoms. The maximum Gasteiger partial charge on any atom is 0.235 e. The summed E-state index contributed by atoms with van der Waals surface area (Å²) >= 11 is 0. The van der Waals surface area contributed by atoms with Crippen LogP contribution in [-0.2, 0) is 9.47 Å². The van der Waals surface area contributed by atoms with Crippen LogP contribution in [0.25, 0.3) is 0 Å². The molecule has 2 saturated carbocycles. The van der Waals surface area contributed by atoms with Gasteiger partial charge in [-0.2, -0.15) is 0 Å². The fraction of sp³-hybridized carbons (Fsp3) is 0.720. The molecule has 0 aromatic carbocycles. The van der Waals surface area contributed by atoms with Crippen molar-refractivity contribution >= 4 is 11.8 Å². The van der Waals surface area contributed by atoms with Gasteiger partial charge in [-0.1, -0.05) is 77.2 Å². The third-order valence-electron chi connectivity index (χ3n) is 6.71. The minimum atomic E-state index is 0.290. The third-order valence-corrected chi connectivity index (χ3v) is 6.71. The Labute approximate surface area is 181 Å². The van der Waals surface area contributed by atoms with Gasteiger partial charge in [0.25, 0.3) is 0 Å². The van der Waals surface area contributed by atoms with Crippen LogP contribution >= 0.6 is 0 Å². The smallest absolute Gasteiger partial charge is 0.235 e. The van der Waals surface area contributed by atoms with Crippen molar-refractivity contribution in [2.75, 3.05) is 19.8 Å². The van der Waals surface area contributed by atoms with Gasteiger partial charge in [0.2, 0.25) is 11.8 Å². The maximum atomic E-state index is 5.82. The second kappa shape index (κ2) is 10.9. The Balaban J connectivity index is 0.000000265. The van der Waals surface area contributed by atoms with Crippen molar-refractivity contribution in [3.63, 3.8) is 0 Å². The number of ether oxygens (including phenoxy) is 2. The Bertz CT molecular complexity index is 734. The van der Waals surface area contributed by atoms with Gasteiger partial charge >= 0.3 is 0 Å². The average molecular weight is 412 g/mol. The number of nitrogens with zero attached hydrogens (tertiary/aromatic N) is 3. The first kappa shape index (κ1) is 21.3. The number of aromatic nitrogens is 1. The summed E-state index contributed by atoms with van der Waals surface area (Å²) in [6.45, 7) is 4.40. The molecule has 0 spiro atoms. The molecule has 1 aromatic heterocycles. The van der Waals surface area contributed by atoms with Crippen molar-refractivity contribution in [1.82, 2.24) is 4.98 Å². The van der Waals surface area contributed by atoms with Gasteiger partial charge in [0.05, 0.1) is 12.6 Å². The van der Waals surface area contributed by atoms with E-state index in [-0.39, 0.29) is 0 Å². The van der Waals surface area contributed by atoms with Crippen LogP contribution in [0.15, 0.2) is 28.2 Å². The number of aliphatic imine (C=N–C) groups is 2. The molecule has 164 valence electrons. The molecule has 0 amide bonds. The number of pyridine rings is 1. The number of rotatable bonds is 4. The minimum Gasteiger partial charge on any atom is -0.474 e. The highest BCUT2D eigenvalue weighted by Gasteiger charge is 2.25. The summed E-state index contributed by atoms with van der Waals surface area (Å²) in [6, 6.07) is 6.12. The lowest BCUT2D eigenvalue weighted by Gasteiger charge is -2.22. The van der Waals surface area contributed by atoms with Crippen molar-refractivity contribution in [3.8, 4) is 0 Å². The lowest BCUT2D eigenvalue weighted by molar-refractivity contribution is 0.267. The van der Waals surface area contributed by atoms with Gasteiger partial charge < -0.3 is 9.47 Å². The van der Waals surface area contributed by atoms with Crippen LogP contribution in [0.4, 0.5) is 0 Å². The molecule has 1 atom stereocenters. The summed E-state index contributed by atoms with van der Waals surface area (Å²) in [5.41, 5.74) is 1.55. The molecule has 1 unspecified atom stereocenters. The first-order valence-corrected chi connectivity index (χ1v) is 12.1. The van der Waals surface area contributed by atoms with Crippen LogP contribution in [-0.4, -0.2) is 42.6 Å². The van der Waals surface area contributed by atoms with Crippen molar-refractivity contribution in [2.45, 2.75) is 83.6 Å². The second-order valence-electron chi connectivity index (χ2n) is 9.33. The molecular formula is C25H37N3O2. The first-order chi connectivity index (χ1) is 14.8. The van der Waals surface area contributed by atoms with Crippen molar-refractivity contribution < 1.29 is 9.47 Å². The SMILES string of the molecule is CC1CCCCC1.c1cc(C2=NCCO2)nc(C2=NC(CC3CCCCC3)CO2)c1. The lowest BCUT2D eigenvalue weighted by atomic mass is 9.85. The van der Waals surface area contributed by atoms with E-state index in [0.717, 1.165) is 29.6 Å². The van der Waals surface area contributed by atoms with E-state index in [2.05, 4.69) is 16.9 Å². The monoisotopic (exact) mass is 411 g/mol. The predicted molar refractivity (Wildman–Crippen MR) is 121 cm³/mol. The highest BCUT2D eigenvalue weighted by atomic mass is 16.5. The Hall–Kier alpha value is -1.91. The summed E-state index contributed by atoms with van der Waals surface area (Å²) in [5.74, 6) is 3.16. The molecule has 1 aromatic rings. The van der Waals surface area contributed by atoms with Crippen molar-refractivity contribution in [3.05, 3.63) is 29.6 Å². The number of hydrogen-bond acceptors (Lipinski definition) is 5. The Morgan fingerprint density at radius 1 is 0.867 bits per heavy atom. The van der Waals surface area contributed by atoms with Crippen LogP contribution in [0.1, 0.15) is 88.9 Å². The van der Waals surface area contributed by atoms with E-state index in [0.29, 0.717) is 37.6 Å². The van der Waals surface area contributed by atoms with E-state index in [1.165, 1.54) is 64.2 Å². The van der Waals surface area contributed by atoms with E-state index >= 15 is 0 Å². The van der Waals surface area contributed by atoms with E-state index in [4.69, 9.17) is 14.5 Å². The van der Waals surface area contributed by atoms with Crippen LogP contribution < -0.4 is 0 Å². The normalized spacial score (nSPS) is 24.9. The molecule has 0 N–H and O–H groups in total. The van der Waals surface area contributed by atoms with E-state index < -0.39 is 0 Å². The summed E-state index contributed by atoms with van der Waals surface area (Å²) in [5, 5.41) is 0. The summed E-state index contributed by atoms with van der Waals surface area (Å²) in [7, 11) is 0. The lowest BCUT2D eigenvalue weighted by Crippen LogP contribution is -2.15. The van der Waals surface area contributed by atoms with E-state index in [1.54, 1.807) is 0 Å². The largest absolute Gasteiger partial charge is 0.474 e. The molecule has 5 nitrogen and oxygen atoms in total. The quantitative estimate of drug-likeness (QED) is 0.652. The summed E-state index contributed by atoms with van der Waals surface area (Å²) in [4.78, 5) is 13.7. The molecule has 5 rings (SSSR count). The average Bonchev–Trinajstić information content (AvgIpc) is 3.48. The zero-order valence-electron chi connectivity index (χ0n) is 18.5. The topological polar surface area (TPSA) is 56.1 Å². The van der Waals surface area contributed by atoms with Crippen molar-refractivity contribution in [1.29, 1.82) is 0 Å². The van der Waals surface area contributed by atoms with Gasteiger partial charge in [0, 0.05) is 0 Å². The van der Waals surface area contributed by atoms with Crippen LogP contribution in [0.2, 0.25) is 0 Å². The molecule has 2 aliphatic carbocycles. The molecule has 0 bridgehead atoms. The molecule has 2 fully saturated rings. The van der Waals surface area contributed by atoms with Crippen molar-refractivity contribution in [2.24, 2.45) is 21.8 Å². The predicted octanol–water partition coefficient (Wildman–Crippen LogP) is 5.56. The fourth-order valence-electron chi connectivity index (χ4n) is 4.95. The van der Waals surface area contributed by atoms with Gasteiger partial charge in [-0.15, -0.1) is 0 Å². The zero-order chi connectivity index (χ0) is 20.6. The second-order valence-corrected chi connectivity index (χ2v) is 9.33. The van der Waals surface area contributed by atoms with Crippen LogP contribution in [0.3, 0.4) is 0 Å². The molecule has 0 radical (unpaired) electrons. The fourth-order valence-corrected chi connectivity index (χ4v) is 4.95. The number of hydrogen-bond donors (Lipinski definition) is 0. The minimum absolute atomic E-state index is 0.290. The van der Waals surface area contributed by atoms with E-state index in [9.17, 15) is 0 Å². The third kappa shape index (κ3) is 6.05. The van der Waals surface area contributed by atoms with Crippen LogP contribution in [0, 0.1) is 11.8 Å². The summed E-state index contributed by atoms with van der Waals surface area (Å²) < 4.78 is 11.3. The van der Waals surface area contributed by atoms with Gasteiger partial charge in [0.1, 0.15) is 24.6 Å². The first-order valence-electron chi connectivity index (χ1n) is 12.1.